The Balaban J connectivity index is -0.000000122. The van der Waals surface area contributed by atoms with E-state index in [-0.39, 0.29) is 58.9 Å². The van der Waals surface area contributed by atoms with Crippen molar-refractivity contribution in [1.82, 2.24) is 0 Å². The molecule has 3 nitrogen and oxygen atoms in total. The number of hydrogen-bond donors (Lipinski definition) is 0. The van der Waals surface area contributed by atoms with Crippen molar-refractivity contribution in [2.24, 2.45) is 0 Å². The van der Waals surface area contributed by atoms with Gasteiger partial charge >= 0.3 is 21.7 Å². The topological polar surface area (TPSA) is 55.3 Å². The SMILES string of the molecule is Cc1[cH-]c(C)c(C)c1C.Cl.Cl.Cl.[CH2-]C.[O-]B([O-])Oc1c(F)c(F)c(F)c(F)c1F.[Ti+4]. The van der Waals surface area contributed by atoms with E-state index in [1.807, 2.05) is 0 Å². The van der Waals surface area contributed by atoms with E-state index in [0.29, 0.717) is 0 Å². The summed E-state index contributed by atoms with van der Waals surface area (Å²) in [7, 11) is -3.20. The standard InChI is InChI=1S/C9H13.C6BF5O3.C2H5.3ClH.Ti/c1-6-5-7(2)9(4)8(6)3;8-1-2(9)4(11)6(15-7(13)14)5(12)3(1)10;1-2;;;;/h5H,1-4H3;;1H2,2H3;3*1H;/q-1;-2;-1;;;;+4. The average molecular weight is 533 g/mol. The first-order chi connectivity index (χ1) is 12.0. The summed E-state index contributed by atoms with van der Waals surface area (Å²) in [6, 6.07) is 2.24. The summed E-state index contributed by atoms with van der Waals surface area (Å²) in [4.78, 5) is 0. The number of hydrogen-bond acceptors (Lipinski definition) is 3. The Morgan fingerprint density at radius 3 is 1.17 bits per heavy atom. The molecular weight excluding hydrogens is 512 g/mol. The van der Waals surface area contributed by atoms with Crippen LogP contribution in [-0.2, 0) is 21.7 Å². The predicted octanol–water partition coefficient (Wildman–Crippen LogP) is 4.21. The molecule has 170 valence electrons. The molecule has 0 fully saturated rings. The minimum Gasteiger partial charge on any atom is -0.860 e. The fourth-order valence-corrected chi connectivity index (χ4v) is 1.92. The van der Waals surface area contributed by atoms with Crippen LogP contribution in [0.5, 0.6) is 5.75 Å². The van der Waals surface area contributed by atoms with Crippen LogP contribution in [0.4, 0.5) is 22.0 Å². The van der Waals surface area contributed by atoms with Crippen LogP contribution in [0.1, 0.15) is 29.2 Å². The second kappa shape index (κ2) is 18.2. The van der Waals surface area contributed by atoms with Gasteiger partial charge in [0, 0.05) is 0 Å². The van der Waals surface area contributed by atoms with Gasteiger partial charge < -0.3 is 21.6 Å². The third-order valence-electron chi connectivity index (χ3n) is 3.56. The fourth-order valence-electron chi connectivity index (χ4n) is 1.92. The van der Waals surface area contributed by atoms with E-state index < -0.39 is 42.2 Å². The van der Waals surface area contributed by atoms with Crippen molar-refractivity contribution in [2.75, 3.05) is 0 Å². The monoisotopic (exact) mass is 532 g/mol. The molecule has 0 spiro atoms. The first kappa shape index (κ1) is 40.0. The molecule has 0 atom stereocenters. The third-order valence-corrected chi connectivity index (χ3v) is 3.56. The second-order valence-electron chi connectivity index (χ2n) is 5.07. The number of aryl methyl sites for hydroxylation is 2. The molecule has 0 amide bonds. The molecular formula is C17H21BCl3F5O3Ti. The van der Waals surface area contributed by atoms with E-state index in [1.54, 1.807) is 6.92 Å². The molecule has 0 radical (unpaired) electrons. The summed E-state index contributed by atoms with van der Waals surface area (Å²) in [5, 5.41) is 19.7. The molecule has 0 N–H and O–H groups in total. The van der Waals surface area contributed by atoms with Gasteiger partial charge in [0.25, 0.3) is 0 Å². The molecule has 2 aromatic carbocycles. The molecule has 2 aromatic rings. The van der Waals surface area contributed by atoms with E-state index in [9.17, 15) is 32.0 Å². The quantitative estimate of drug-likeness (QED) is 0.191. The van der Waals surface area contributed by atoms with E-state index in [1.165, 1.54) is 22.3 Å². The summed E-state index contributed by atoms with van der Waals surface area (Å²) < 4.78 is 65.9. The maximum absolute atomic E-state index is 12.6. The zero-order valence-corrected chi connectivity index (χ0v) is 20.7. The van der Waals surface area contributed by atoms with Gasteiger partial charge in [-0.1, -0.05) is 27.7 Å². The van der Waals surface area contributed by atoms with Gasteiger partial charge in [-0.15, -0.1) is 37.2 Å². The Morgan fingerprint density at radius 1 is 0.700 bits per heavy atom. The van der Waals surface area contributed by atoms with Crippen LogP contribution in [-0.4, -0.2) is 7.32 Å². The van der Waals surface area contributed by atoms with Crippen molar-refractivity contribution in [2.45, 2.75) is 34.6 Å². The Hall–Kier alpha value is -0.411. The molecule has 0 bridgehead atoms. The minimum atomic E-state index is -3.20. The van der Waals surface area contributed by atoms with Crippen LogP contribution in [0.15, 0.2) is 6.07 Å². The molecule has 30 heavy (non-hydrogen) atoms. The summed E-state index contributed by atoms with van der Waals surface area (Å²) >= 11 is 0. The fraction of sp³-hybridized carbons (Fsp3) is 0.294. The first-order valence-corrected chi connectivity index (χ1v) is 7.39. The van der Waals surface area contributed by atoms with Crippen LogP contribution in [0.25, 0.3) is 0 Å². The average Bonchev–Trinajstić information content (AvgIpc) is 2.83. The summed E-state index contributed by atoms with van der Waals surface area (Å²) in [5.41, 5.74) is 5.75. The van der Waals surface area contributed by atoms with Gasteiger partial charge in [0.05, 0.1) is 0 Å². The van der Waals surface area contributed by atoms with Crippen LogP contribution in [0.2, 0.25) is 0 Å². The van der Waals surface area contributed by atoms with Crippen LogP contribution >= 0.6 is 37.2 Å². The molecule has 13 heteroatoms. The summed E-state index contributed by atoms with van der Waals surface area (Å²) in [6.07, 6.45) is 0. The maximum atomic E-state index is 12.6. The number of halogens is 8. The van der Waals surface area contributed by atoms with Crippen molar-refractivity contribution < 1.29 is 58.4 Å². The van der Waals surface area contributed by atoms with Crippen LogP contribution in [0.3, 0.4) is 0 Å². The molecule has 0 aliphatic rings. The van der Waals surface area contributed by atoms with Crippen molar-refractivity contribution in [3.63, 3.8) is 0 Å². The summed E-state index contributed by atoms with van der Waals surface area (Å²) in [5.74, 6) is -13.6. The molecule has 0 heterocycles. The molecule has 2 rings (SSSR count). The van der Waals surface area contributed by atoms with Gasteiger partial charge in [0.2, 0.25) is 29.1 Å². The van der Waals surface area contributed by atoms with Crippen molar-refractivity contribution in [1.29, 1.82) is 0 Å². The molecule has 0 aromatic heterocycles. The van der Waals surface area contributed by atoms with E-state index >= 15 is 0 Å². The van der Waals surface area contributed by atoms with Gasteiger partial charge in [0.1, 0.15) is 7.32 Å². The predicted molar refractivity (Wildman–Crippen MR) is 106 cm³/mol. The van der Waals surface area contributed by atoms with Gasteiger partial charge in [-0.3, -0.25) is 0 Å². The van der Waals surface area contributed by atoms with E-state index in [0.717, 1.165) is 0 Å². The normalized spacial score (nSPS) is 8.43. The van der Waals surface area contributed by atoms with E-state index in [4.69, 9.17) is 0 Å². The van der Waals surface area contributed by atoms with Gasteiger partial charge in [-0.05, 0) is 0 Å². The Bertz CT molecular complexity index is 713. The molecule has 0 saturated carbocycles. The zero-order chi connectivity index (χ0) is 20.8. The van der Waals surface area contributed by atoms with Crippen molar-refractivity contribution >= 4 is 44.5 Å². The third kappa shape index (κ3) is 10.3. The summed E-state index contributed by atoms with van der Waals surface area (Å²) in [6.45, 7) is 13.7. The molecule has 0 unspecified atom stereocenters. The van der Waals surface area contributed by atoms with Crippen molar-refractivity contribution in [3.8, 4) is 5.75 Å². The van der Waals surface area contributed by atoms with Gasteiger partial charge in [0.15, 0.2) is 5.75 Å². The van der Waals surface area contributed by atoms with Gasteiger partial charge in [-0.2, -0.15) is 44.0 Å². The zero-order valence-electron chi connectivity index (χ0n) is 16.7. The van der Waals surface area contributed by atoms with Gasteiger partial charge in [-0.25, -0.2) is 13.2 Å². The van der Waals surface area contributed by atoms with Crippen LogP contribution < -0.4 is 14.7 Å². The largest absolute Gasteiger partial charge is 4.00 e. The minimum absolute atomic E-state index is 0. The first-order valence-electron chi connectivity index (χ1n) is 7.39. The molecule has 0 saturated heterocycles. The maximum Gasteiger partial charge on any atom is 4.00 e. The number of rotatable bonds is 2. The number of benzene rings is 1. The van der Waals surface area contributed by atoms with Crippen LogP contribution in [0, 0.1) is 63.7 Å². The smallest absolute Gasteiger partial charge is 0.860 e. The molecule has 0 aliphatic heterocycles. The molecule has 0 aliphatic carbocycles. The Morgan fingerprint density at radius 2 is 0.967 bits per heavy atom. The second-order valence-corrected chi connectivity index (χ2v) is 5.07. The van der Waals surface area contributed by atoms with E-state index in [2.05, 4.69) is 45.3 Å². The van der Waals surface area contributed by atoms with Crippen molar-refractivity contribution in [3.05, 3.63) is 64.3 Å². The Kier molecular flexibility index (Phi) is 24.3. The Labute approximate surface area is 207 Å².